The van der Waals surface area contributed by atoms with Crippen LogP contribution in [0.2, 0.25) is 0 Å². The van der Waals surface area contributed by atoms with Gasteiger partial charge in [0, 0.05) is 0 Å². The quantitative estimate of drug-likeness (QED) is 0.0340. The van der Waals surface area contributed by atoms with E-state index in [1.54, 1.807) is 0 Å². The summed E-state index contributed by atoms with van der Waals surface area (Å²) in [6.45, 7) is 5.84. The van der Waals surface area contributed by atoms with E-state index < -0.39 is 0 Å². The van der Waals surface area contributed by atoms with Gasteiger partial charge >= 0.3 is 0 Å². The SMILES string of the molecule is CCCCCCCCCCCCOOOCCCCCCCCCCCC.c1ccc2c(c1)c1ccccc1c1ccccc21. The molecular weight excluding hydrogens is 552 g/mol. The summed E-state index contributed by atoms with van der Waals surface area (Å²) in [5, 5.41) is 12.8. The molecule has 0 amide bonds. The molecule has 0 aromatic heterocycles. The summed E-state index contributed by atoms with van der Waals surface area (Å²) >= 11 is 0. The molecule has 0 aliphatic carbocycles. The molecule has 0 N–H and O–H groups in total. The molecule has 0 saturated carbocycles. The molecule has 4 aromatic rings. The number of unbranched alkanes of at least 4 members (excludes halogenated alkanes) is 18. The van der Waals surface area contributed by atoms with Gasteiger partial charge in [0.25, 0.3) is 0 Å². The van der Waals surface area contributed by atoms with Crippen molar-refractivity contribution in [2.75, 3.05) is 13.2 Å². The standard InChI is InChI=1S/C24H50O3.C18H12/c1-3-5-7-9-11-13-15-17-19-21-23-25-27-26-24-22-20-18-16-14-12-10-8-6-4-2;1-2-8-14-13(7-1)15-9-3-4-11-17(15)18-12-6-5-10-16(14)18/h3-24H2,1-2H3;1-12H. The summed E-state index contributed by atoms with van der Waals surface area (Å²) in [6.07, 6.45) is 26.7. The smallest absolute Gasteiger partial charge is 0.0853 e. The van der Waals surface area contributed by atoms with Crippen LogP contribution in [-0.4, -0.2) is 13.2 Å². The number of rotatable bonds is 24. The third-order valence-corrected chi connectivity index (χ3v) is 8.91. The lowest BCUT2D eigenvalue weighted by Gasteiger charge is -2.09. The molecule has 0 aliphatic rings. The van der Waals surface area contributed by atoms with Crippen LogP contribution >= 0.6 is 0 Å². The lowest BCUT2D eigenvalue weighted by atomic mass is 9.95. The van der Waals surface area contributed by atoms with Crippen LogP contribution < -0.4 is 0 Å². The molecule has 45 heavy (non-hydrogen) atoms. The topological polar surface area (TPSA) is 27.7 Å². The minimum absolute atomic E-state index is 0.647. The Balaban J connectivity index is 0.000000261. The highest BCUT2D eigenvalue weighted by atomic mass is 17.5. The zero-order chi connectivity index (χ0) is 31.6. The summed E-state index contributed by atoms with van der Waals surface area (Å²) in [4.78, 5) is 10.2. The van der Waals surface area contributed by atoms with Gasteiger partial charge in [0.2, 0.25) is 0 Å². The van der Waals surface area contributed by atoms with E-state index in [2.05, 4.69) is 86.6 Å². The Labute approximate surface area is 274 Å². The monoisotopic (exact) mass is 614 g/mol. The molecule has 4 aromatic carbocycles. The Hall–Kier alpha value is -2.46. The first kappa shape index (κ1) is 37.0. The van der Waals surface area contributed by atoms with E-state index >= 15 is 0 Å². The summed E-state index contributed by atoms with van der Waals surface area (Å²) in [6, 6.07) is 26.0. The summed E-state index contributed by atoms with van der Waals surface area (Å²) in [7, 11) is 0. The van der Waals surface area contributed by atoms with Gasteiger partial charge in [-0.15, -0.1) is 0 Å². The first-order valence-corrected chi connectivity index (χ1v) is 18.6. The van der Waals surface area contributed by atoms with Crippen molar-refractivity contribution in [1.29, 1.82) is 0 Å². The van der Waals surface area contributed by atoms with Crippen molar-refractivity contribution in [2.45, 2.75) is 142 Å². The zero-order valence-electron chi connectivity index (χ0n) is 28.7. The highest BCUT2D eigenvalue weighted by molar-refractivity contribution is 6.25. The predicted molar refractivity (Wildman–Crippen MR) is 196 cm³/mol. The van der Waals surface area contributed by atoms with Gasteiger partial charge in [-0.05, 0) is 45.2 Å². The Morgan fingerprint density at radius 2 is 0.533 bits per heavy atom. The van der Waals surface area contributed by atoms with Crippen molar-refractivity contribution in [3.05, 3.63) is 72.8 Å². The lowest BCUT2D eigenvalue weighted by molar-refractivity contribution is -0.512. The molecule has 4 rings (SSSR count). The van der Waals surface area contributed by atoms with Crippen LogP contribution in [0.15, 0.2) is 72.8 Å². The largest absolute Gasteiger partial charge is 0.206 e. The second-order valence-corrected chi connectivity index (χ2v) is 12.7. The molecule has 0 spiro atoms. The van der Waals surface area contributed by atoms with E-state index in [1.807, 2.05) is 0 Å². The van der Waals surface area contributed by atoms with Crippen LogP contribution in [0.4, 0.5) is 0 Å². The van der Waals surface area contributed by atoms with Gasteiger partial charge in [0.05, 0.1) is 13.2 Å². The van der Waals surface area contributed by atoms with Crippen molar-refractivity contribution in [3.8, 4) is 0 Å². The Kier molecular flexibility index (Phi) is 20.3. The molecule has 0 fully saturated rings. The molecule has 0 radical (unpaired) electrons. The normalized spacial score (nSPS) is 11.3. The van der Waals surface area contributed by atoms with Gasteiger partial charge in [0.1, 0.15) is 0 Å². The van der Waals surface area contributed by atoms with Crippen LogP contribution in [0.5, 0.6) is 0 Å². The summed E-state index contributed by atoms with van der Waals surface area (Å²) < 4.78 is 0. The van der Waals surface area contributed by atoms with Crippen molar-refractivity contribution in [2.24, 2.45) is 0 Å². The third-order valence-electron chi connectivity index (χ3n) is 8.91. The van der Waals surface area contributed by atoms with E-state index in [0.29, 0.717) is 13.2 Å². The van der Waals surface area contributed by atoms with Crippen LogP contribution in [-0.2, 0) is 14.8 Å². The van der Waals surface area contributed by atoms with Crippen LogP contribution in [0.3, 0.4) is 0 Å². The Bertz CT molecular complexity index is 1040. The van der Waals surface area contributed by atoms with Crippen LogP contribution in [0.25, 0.3) is 32.3 Å². The van der Waals surface area contributed by atoms with E-state index in [9.17, 15) is 0 Å². The molecule has 0 saturated heterocycles. The maximum Gasteiger partial charge on any atom is 0.0853 e. The van der Waals surface area contributed by atoms with Gasteiger partial charge in [-0.1, -0.05) is 207 Å². The highest BCUT2D eigenvalue weighted by Gasteiger charge is 2.06. The number of hydrogen-bond acceptors (Lipinski definition) is 3. The molecular formula is C42H62O3. The molecule has 3 nitrogen and oxygen atoms in total. The molecule has 0 aliphatic heterocycles. The highest BCUT2D eigenvalue weighted by Crippen LogP contribution is 2.34. The third kappa shape index (κ3) is 14.7. The average Bonchev–Trinajstić information content (AvgIpc) is 3.09. The predicted octanol–water partition coefficient (Wildman–Crippen LogP) is 13.9. The van der Waals surface area contributed by atoms with Crippen molar-refractivity contribution >= 4 is 32.3 Å². The van der Waals surface area contributed by atoms with Gasteiger partial charge in [-0.2, -0.15) is 0 Å². The molecule has 0 bridgehead atoms. The fourth-order valence-corrected chi connectivity index (χ4v) is 6.26. The second-order valence-electron chi connectivity index (χ2n) is 12.7. The molecule has 0 unspecified atom stereocenters. The fraction of sp³-hybridized carbons (Fsp3) is 0.571. The Morgan fingerprint density at radius 1 is 0.311 bits per heavy atom. The van der Waals surface area contributed by atoms with E-state index in [4.69, 9.17) is 14.8 Å². The molecule has 0 heterocycles. The fourth-order valence-electron chi connectivity index (χ4n) is 6.26. The van der Waals surface area contributed by atoms with Crippen LogP contribution in [0.1, 0.15) is 142 Å². The van der Waals surface area contributed by atoms with E-state index in [-0.39, 0.29) is 0 Å². The minimum atomic E-state index is 0.647. The van der Waals surface area contributed by atoms with E-state index in [1.165, 1.54) is 148 Å². The average molecular weight is 615 g/mol. The first-order chi connectivity index (χ1) is 22.4. The number of fused-ring (bicyclic) bond motifs is 6. The Morgan fingerprint density at radius 3 is 0.778 bits per heavy atom. The molecule has 3 heteroatoms. The van der Waals surface area contributed by atoms with E-state index in [0.717, 1.165) is 12.8 Å². The van der Waals surface area contributed by atoms with Crippen molar-refractivity contribution in [3.63, 3.8) is 0 Å². The number of hydrogen-bond donors (Lipinski definition) is 0. The number of benzene rings is 4. The second kappa shape index (κ2) is 24.7. The first-order valence-electron chi connectivity index (χ1n) is 18.6. The zero-order valence-corrected chi connectivity index (χ0v) is 28.7. The van der Waals surface area contributed by atoms with Crippen molar-refractivity contribution < 1.29 is 14.8 Å². The van der Waals surface area contributed by atoms with Gasteiger partial charge < -0.3 is 0 Å². The lowest BCUT2D eigenvalue weighted by Crippen LogP contribution is -2.00. The van der Waals surface area contributed by atoms with Crippen LogP contribution in [0, 0.1) is 0 Å². The molecule has 248 valence electrons. The maximum atomic E-state index is 5.08. The maximum absolute atomic E-state index is 5.08. The minimum Gasteiger partial charge on any atom is -0.206 e. The van der Waals surface area contributed by atoms with Gasteiger partial charge in [0.15, 0.2) is 0 Å². The summed E-state index contributed by atoms with van der Waals surface area (Å²) in [5.41, 5.74) is 0. The van der Waals surface area contributed by atoms with Gasteiger partial charge in [-0.3, -0.25) is 0 Å². The van der Waals surface area contributed by atoms with Gasteiger partial charge in [-0.25, -0.2) is 9.78 Å². The summed E-state index contributed by atoms with van der Waals surface area (Å²) in [5.74, 6) is 0. The van der Waals surface area contributed by atoms with Crippen molar-refractivity contribution in [1.82, 2.24) is 0 Å². The molecule has 0 atom stereocenters.